The molecule has 1 saturated heterocycles. The summed E-state index contributed by atoms with van der Waals surface area (Å²) in [6.07, 6.45) is -4.82. The highest BCUT2D eigenvalue weighted by atomic mass is 19.4. The smallest absolute Gasteiger partial charge is 0.379 e. The molecule has 13 heavy (non-hydrogen) atoms. The Kier molecular flexibility index (Phi) is 3.10. The van der Waals surface area contributed by atoms with Crippen molar-refractivity contribution in [1.29, 1.82) is 0 Å². The molecule has 0 unspecified atom stereocenters. The van der Waals surface area contributed by atoms with E-state index < -0.39 is 12.1 Å². The Hall–Kier alpha value is -0.820. The lowest BCUT2D eigenvalue weighted by Crippen LogP contribution is -2.52. The van der Waals surface area contributed by atoms with Crippen molar-refractivity contribution in [2.45, 2.75) is 6.18 Å². The zero-order chi connectivity index (χ0) is 9.90. The molecule has 0 aromatic rings. The second-order valence-corrected chi connectivity index (χ2v) is 2.54. The van der Waals surface area contributed by atoms with Gasteiger partial charge in [-0.3, -0.25) is 10.2 Å². The van der Waals surface area contributed by atoms with Gasteiger partial charge in [0.05, 0.1) is 13.2 Å². The quantitative estimate of drug-likeness (QED) is 0.640. The summed E-state index contributed by atoms with van der Waals surface area (Å²) in [5, 5.41) is 1.19. The largest absolute Gasteiger partial charge is 0.472 e. The number of nitrogens with one attached hydrogen (secondary N) is 1. The van der Waals surface area contributed by atoms with Crippen molar-refractivity contribution >= 4 is 5.91 Å². The van der Waals surface area contributed by atoms with Crippen molar-refractivity contribution in [3.8, 4) is 0 Å². The summed E-state index contributed by atoms with van der Waals surface area (Å²) in [5.74, 6) is -1.94. The number of nitrogens with zero attached hydrogens (tertiary/aromatic N) is 1. The molecule has 1 heterocycles. The van der Waals surface area contributed by atoms with Crippen molar-refractivity contribution in [2.24, 2.45) is 0 Å². The number of morpholine rings is 1. The van der Waals surface area contributed by atoms with Gasteiger partial charge >= 0.3 is 12.1 Å². The lowest BCUT2D eigenvalue weighted by molar-refractivity contribution is -0.180. The van der Waals surface area contributed by atoms with Crippen molar-refractivity contribution in [2.75, 3.05) is 26.3 Å². The van der Waals surface area contributed by atoms with Crippen LogP contribution in [0.25, 0.3) is 0 Å². The first kappa shape index (κ1) is 10.3. The van der Waals surface area contributed by atoms with Gasteiger partial charge in [-0.25, -0.2) is 5.01 Å². The molecule has 1 fully saturated rings. The Bertz CT molecular complexity index is 189. The first-order valence-electron chi connectivity index (χ1n) is 3.70. The first-order chi connectivity index (χ1) is 6.00. The van der Waals surface area contributed by atoms with E-state index in [0.29, 0.717) is 13.2 Å². The average molecular weight is 198 g/mol. The van der Waals surface area contributed by atoms with Gasteiger partial charge in [-0.1, -0.05) is 0 Å². The van der Waals surface area contributed by atoms with E-state index in [-0.39, 0.29) is 13.1 Å². The molecule has 1 aliphatic heterocycles. The molecule has 0 atom stereocenters. The maximum absolute atomic E-state index is 11.7. The molecule has 0 aromatic carbocycles. The van der Waals surface area contributed by atoms with Crippen LogP contribution < -0.4 is 5.43 Å². The fourth-order valence-corrected chi connectivity index (χ4v) is 0.882. The molecule has 7 heteroatoms. The maximum Gasteiger partial charge on any atom is 0.472 e. The number of hydrazine groups is 1. The number of halogens is 3. The molecule has 4 nitrogen and oxygen atoms in total. The van der Waals surface area contributed by atoms with E-state index in [1.807, 2.05) is 0 Å². The molecule has 1 aliphatic rings. The summed E-state index contributed by atoms with van der Waals surface area (Å²) in [7, 11) is 0. The molecule has 0 aliphatic carbocycles. The monoisotopic (exact) mass is 198 g/mol. The lowest BCUT2D eigenvalue weighted by atomic mass is 10.5. The van der Waals surface area contributed by atoms with Crippen LogP contribution in [0, 0.1) is 0 Å². The van der Waals surface area contributed by atoms with Crippen LogP contribution in [0.15, 0.2) is 0 Å². The van der Waals surface area contributed by atoms with Gasteiger partial charge in [-0.05, 0) is 0 Å². The second kappa shape index (κ2) is 3.93. The third-order valence-corrected chi connectivity index (χ3v) is 1.53. The summed E-state index contributed by atoms with van der Waals surface area (Å²) < 4.78 is 40.1. The Balaban J connectivity index is 2.35. The second-order valence-electron chi connectivity index (χ2n) is 2.54. The third kappa shape index (κ3) is 3.19. The number of carbonyl (C=O) groups is 1. The zero-order valence-corrected chi connectivity index (χ0v) is 6.73. The minimum absolute atomic E-state index is 0.280. The van der Waals surface area contributed by atoms with E-state index in [0.717, 1.165) is 0 Å². The van der Waals surface area contributed by atoms with Crippen molar-refractivity contribution in [3.05, 3.63) is 0 Å². The van der Waals surface area contributed by atoms with Gasteiger partial charge in [-0.15, -0.1) is 0 Å². The molecular formula is C6H9F3N2O2. The molecule has 0 bridgehead atoms. The van der Waals surface area contributed by atoms with E-state index in [9.17, 15) is 18.0 Å². The van der Waals surface area contributed by atoms with Gasteiger partial charge in [0.15, 0.2) is 0 Å². The highest BCUT2D eigenvalue weighted by Gasteiger charge is 2.39. The Morgan fingerprint density at radius 1 is 1.31 bits per heavy atom. The van der Waals surface area contributed by atoms with Crippen LogP contribution in [-0.4, -0.2) is 43.4 Å². The number of hydrogen-bond acceptors (Lipinski definition) is 3. The molecule has 1 N–H and O–H groups in total. The van der Waals surface area contributed by atoms with Crippen LogP contribution in [-0.2, 0) is 9.53 Å². The summed E-state index contributed by atoms with van der Waals surface area (Å²) >= 11 is 0. The molecule has 1 amide bonds. The van der Waals surface area contributed by atoms with Gasteiger partial charge < -0.3 is 4.74 Å². The highest BCUT2D eigenvalue weighted by molar-refractivity contribution is 5.81. The van der Waals surface area contributed by atoms with E-state index in [2.05, 4.69) is 0 Å². The van der Waals surface area contributed by atoms with Gasteiger partial charge in [0.2, 0.25) is 0 Å². The summed E-state index contributed by atoms with van der Waals surface area (Å²) in [4.78, 5) is 10.4. The van der Waals surface area contributed by atoms with Crippen LogP contribution >= 0.6 is 0 Å². The van der Waals surface area contributed by atoms with E-state index >= 15 is 0 Å². The molecule has 1 rings (SSSR count). The van der Waals surface area contributed by atoms with Gasteiger partial charge in [0.1, 0.15) is 0 Å². The molecule has 0 spiro atoms. The maximum atomic E-state index is 11.7. The van der Waals surface area contributed by atoms with E-state index in [1.54, 1.807) is 5.43 Å². The normalized spacial score (nSPS) is 19.9. The standard InChI is InChI=1S/C6H9F3N2O2/c7-6(8,9)5(12)10-11-1-3-13-4-2-11/h1-4H2,(H,10,12). The number of carbonyl (C=O) groups excluding carboxylic acids is 1. The third-order valence-electron chi connectivity index (χ3n) is 1.53. The minimum Gasteiger partial charge on any atom is -0.379 e. The van der Waals surface area contributed by atoms with Crippen LogP contribution in [0.3, 0.4) is 0 Å². The summed E-state index contributed by atoms with van der Waals surface area (Å²) in [5.41, 5.74) is 1.75. The number of alkyl halides is 3. The zero-order valence-electron chi connectivity index (χ0n) is 6.73. The molecule has 76 valence electrons. The van der Waals surface area contributed by atoms with E-state index in [1.165, 1.54) is 5.01 Å². The molecule has 0 radical (unpaired) electrons. The van der Waals surface area contributed by atoms with Crippen molar-refractivity contribution in [3.63, 3.8) is 0 Å². The number of hydrogen-bond donors (Lipinski definition) is 1. The fourth-order valence-electron chi connectivity index (χ4n) is 0.882. The molecular weight excluding hydrogens is 189 g/mol. The predicted octanol–water partition coefficient (Wildman–Crippen LogP) is -0.0879. The lowest BCUT2D eigenvalue weighted by Gasteiger charge is -2.27. The van der Waals surface area contributed by atoms with Gasteiger partial charge in [0, 0.05) is 13.1 Å². The Morgan fingerprint density at radius 3 is 2.31 bits per heavy atom. The van der Waals surface area contributed by atoms with Crippen molar-refractivity contribution < 1.29 is 22.7 Å². The van der Waals surface area contributed by atoms with Gasteiger partial charge in [-0.2, -0.15) is 13.2 Å². The van der Waals surface area contributed by atoms with Crippen molar-refractivity contribution in [1.82, 2.24) is 10.4 Å². The number of ether oxygens (including phenoxy) is 1. The molecule has 0 aromatic heterocycles. The van der Waals surface area contributed by atoms with Crippen LogP contribution in [0.2, 0.25) is 0 Å². The topological polar surface area (TPSA) is 41.6 Å². The van der Waals surface area contributed by atoms with Gasteiger partial charge in [0.25, 0.3) is 0 Å². The number of rotatable bonds is 1. The van der Waals surface area contributed by atoms with Crippen LogP contribution in [0.4, 0.5) is 13.2 Å². The number of amides is 1. The summed E-state index contributed by atoms with van der Waals surface area (Å²) in [6.45, 7) is 1.22. The minimum atomic E-state index is -4.82. The SMILES string of the molecule is O=C(NN1CCOCC1)C(F)(F)F. The summed E-state index contributed by atoms with van der Waals surface area (Å²) in [6, 6.07) is 0. The van der Waals surface area contributed by atoms with E-state index in [4.69, 9.17) is 4.74 Å². The van der Waals surface area contributed by atoms with Crippen LogP contribution in [0.1, 0.15) is 0 Å². The first-order valence-corrected chi connectivity index (χ1v) is 3.70. The average Bonchev–Trinajstić information content (AvgIpc) is 2.04. The Morgan fingerprint density at radius 2 is 1.85 bits per heavy atom. The van der Waals surface area contributed by atoms with Crippen LogP contribution in [0.5, 0.6) is 0 Å². The Labute approximate surface area is 72.6 Å². The molecule has 0 saturated carbocycles. The predicted molar refractivity (Wildman–Crippen MR) is 36.6 cm³/mol. The highest BCUT2D eigenvalue weighted by Crippen LogP contribution is 2.14. The fraction of sp³-hybridized carbons (Fsp3) is 0.833.